The molecule has 0 saturated carbocycles. The summed E-state index contributed by atoms with van der Waals surface area (Å²) >= 11 is 3.50. The van der Waals surface area contributed by atoms with Gasteiger partial charge < -0.3 is 10.6 Å². The molecule has 2 aromatic rings. The Bertz CT molecular complexity index is 528. The third-order valence-corrected chi connectivity index (χ3v) is 3.00. The Kier molecular flexibility index (Phi) is 3.58. The van der Waals surface area contributed by atoms with Crippen LogP contribution in [0.2, 0.25) is 0 Å². The van der Waals surface area contributed by atoms with Crippen LogP contribution in [0.25, 0.3) is 0 Å². The van der Waals surface area contributed by atoms with Crippen LogP contribution in [-0.2, 0) is 0 Å². The second-order valence-electron chi connectivity index (χ2n) is 3.65. The van der Waals surface area contributed by atoms with Crippen LogP contribution >= 0.6 is 15.9 Å². The smallest absolute Gasteiger partial charge is 0.135 e. The van der Waals surface area contributed by atoms with Gasteiger partial charge in [-0.05, 0) is 40.5 Å². The van der Waals surface area contributed by atoms with Crippen molar-refractivity contribution in [1.82, 2.24) is 9.97 Å². The molecule has 0 unspecified atom stereocenters. The van der Waals surface area contributed by atoms with Crippen molar-refractivity contribution in [3.05, 3.63) is 40.6 Å². The molecule has 4 nitrogen and oxygen atoms in total. The molecular formula is C12H13BrN4. The molecule has 0 aliphatic rings. The molecule has 2 N–H and O–H groups in total. The first-order valence-electron chi connectivity index (χ1n) is 5.22. The van der Waals surface area contributed by atoms with Crippen molar-refractivity contribution in [2.24, 2.45) is 0 Å². The van der Waals surface area contributed by atoms with E-state index >= 15 is 0 Å². The largest absolute Gasteiger partial charge is 0.373 e. The van der Waals surface area contributed by atoms with Gasteiger partial charge in [-0.2, -0.15) is 0 Å². The monoisotopic (exact) mass is 292 g/mol. The van der Waals surface area contributed by atoms with E-state index in [-0.39, 0.29) is 0 Å². The summed E-state index contributed by atoms with van der Waals surface area (Å²) in [5.74, 6) is 1.54. The van der Waals surface area contributed by atoms with Crippen molar-refractivity contribution in [3.63, 3.8) is 0 Å². The molecule has 0 fully saturated rings. The third-order valence-electron chi connectivity index (χ3n) is 2.31. The molecule has 0 atom stereocenters. The number of halogens is 1. The predicted octanol–water partition coefficient (Wildman–Crippen LogP) is 3.33. The molecule has 17 heavy (non-hydrogen) atoms. The Morgan fingerprint density at radius 3 is 2.65 bits per heavy atom. The lowest BCUT2D eigenvalue weighted by Gasteiger charge is -2.09. The van der Waals surface area contributed by atoms with Crippen LogP contribution < -0.4 is 10.6 Å². The minimum atomic E-state index is 0.760. The number of hydrogen-bond acceptors (Lipinski definition) is 4. The van der Waals surface area contributed by atoms with E-state index in [1.54, 1.807) is 0 Å². The quantitative estimate of drug-likeness (QED) is 0.911. The standard InChI is InChI=1S/C12H13BrN4/c1-8-3-4-9(13)10(5-8)17-12-6-11(14-2)15-7-16-12/h3-7H,1-2H3,(H2,14,15,16,17). The predicted molar refractivity (Wildman–Crippen MR) is 73.7 cm³/mol. The highest BCUT2D eigenvalue weighted by Gasteiger charge is 2.02. The minimum Gasteiger partial charge on any atom is -0.373 e. The maximum absolute atomic E-state index is 4.17. The van der Waals surface area contributed by atoms with Gasteiger partial charge in [0, 0.05) is 17.6 Å². The van der Waals surface area contributed by atoms with Gasteiger partial charge in [0.15, 0.2) is 0 Å². The summed E-state index contributed by atoms with van der Waals surface area (Å²) in [5, 5.41) is 6.23. The molecule has 0 radical (unpaired) electrons. The fraction of sp³-hybridized carbons (Fsp3) is 0.167. The van der Waals surface area contributed by atoms with Crippen molar-refractivity contribution >= 4 is 33.3 Å². The molecule has 0 saturated heterocycles. The van der Waals surface area contributed by atoms with Gasteiger partial charge in [0.25, 0.3) is 0 Å². The number of aryl methyl sites for hydroxylation is 1. The first-order chi connectivity index (χ1) is 8.19. The number of nitrogens with one attached hydrogen (secondary N) is 2. The summed E-state index contributed by atoms with van der Waals surface area (Å²) in [6, 6.07) is 7.98. The van der Waals surface area contributed by atoms with E-state index in [0.717, 1.165) is 21.8 Å². The number of aromatic nitrogens is 2. The van der Waals surface area contributed by atoms with Crippen LogP contribution in [0.1, 0.15) is 5.56 Å². The molecule has 1 aromatic carbocycles. The van der Waals surface area contributed by atoms with E-state index in [4.69, 9.17) is 0 Å². The second kappa shape index (κ2) is 5.14. The van der Waals surface area contributed by atoms with E-state index < -0.39 is 0 Å². The lowest BCUT2D eigenvalue weighted by molar-refractivity contribution is 1.16. The average Bonchev–Trinajstić information content (AvgIpc) is 2.34. The zero-order valence-electron chi connectivity index (χ0n) is 9.66. The Morgan fingerprint density at radius 1 is 1.12 bits per heavy atom. The zero-order chi connectivity index (χ0) is 12.3. The van der Waals surface area contributed by atoms with Crippen LogP contribution in [0, 0.1) is 6.92 Å². The molecule has 0 bridgehead atoms. The summed E-state index contributed by atoms with van der Waals surface area (Å²) in [6.45, 7) is 2.05. The third kappa shape index (κ3) is 2.94. The van der Waals surface area contributed by atoms with E-state index in [2.05, 4.69) is 49.5 Å². The van der Waals surface area contributed by atoms with Crippen molar-refractivity contribution in [2.75, 3.05) is 17.7 Å². The molecule has 0 aliphatic heterocycles. The van der Waals surface area contributed by atoms with Gasteiger partial charge in [-0.25, -0.2) is 9.97 Å². The number of rotatable bonds is 3. The van der Waals surface area contributed by atoms with Gasteiger partial charge in [-0.15, -0.1) is 0 Å². The number of hydrogen-bond donors (Lipinski definition) is 2. The van der Waals surface area contributed by atoms with Crippen molar-refractivity contribution < 1.29 is 0 Å². The average molecular weight is 293 g/mol. The van der Waals surface area contributed by atoms with Crippen LogP contribution in [-0.4, -0.2) is 17.0 Å². The van der Waals surface area contributed by atoms with E-state index in [1.807, 2.05) is 25.2 Å². The van der Waals surface area contributed by atoms with Gasteiger partial charge in [-0.3, -0.25) is 0 Å². The van der Waals surface area contributed by atoms with Crippen LogP contribution in [0.15, 0.2) is 35.1 Å². The Balaban J connectivity index is 2.27. The first-order valence-corrected chi connectivity index (χ1v) is 6.01. The van der Waals surface area contributed by atoms with Crippen molar-refractivity contribution in [1.29, 1.82) is 0 Å². The summed E-state index contributed by atoms with van der Waals surface area (Å²) in [5.41, 5.74) is 2.18. The van der Waals surface area contributed by atoms with E-state index in [0.29, 0.717) is 0 Å². The van der Waals surface area contributed by atoms with E-state index in [1.165, 1.54) is 11.9 Å². The lowest BCUT2D eigenvalue weighted by Crippen LogP contribution is -1.98. The first kappa shape index (κ1) is 11.9. The van der Waals surface area contributed by atoms with Crippen LogP contribution in [0.5, 0.6) is 0 Å². The number of anilines is 3. The summed E-state index contributed by atoms with van der Waals surface area (Å²) < 4.78 is 1.01. The molecule has 1 aromatic heterocycles. The van der Waals surface area contributed by atoms with Crippen LogP contribution in [0.4, 0.5) is 17.3 Å². The lowest BCUT2D eigenvalue weighted by atomic mass is 10.2. The Morgan fingerprint density at radius 2 is 1.88 bits per heavy atom. The highest BCUT2D eigenvalue weighted by molar-refractivity contribution is 9.10. The number of nitrogens with zero attached hydrogens (tertiary/aromatic N) is 2. The van der Waals surface area contributed by atoms with E-state index in [9.17, 15) is 0 Å². The molecule has 0 spiro atoms. The highest BCUT2D eigenvalue weighted by Crippen LogP contribution is 2.26. The maximum Gasteiger partial charge on any atom is 0.135 e. The van der Waals surface area contributed by atoms with Gasteiger partial charge in [0.05, 0.1) is 5.69 Å². The topological polar surface area (TPSA) is 49.8 Å². The fourth-order valence-electron chi connectivity index (χ4n) is 1.44. The Hall–Kier alpha value is -1.62. The van der Waals surface area contributed by atoms with Gasteiger partial charge >= 0.3 is 0 Å². The normalized spacial score (nSPS) is 10.1. The highest BCUT2D eigenvalue weighted by atomic mass is 79.9. The maximum atomic E-state index is 4.17. The molecule has 5 heteroatoms. The molecule has 88 valence electrons. The summed E-state index contributed by atoms with van der Waals surface area (Å²) in [6.07, 6.45) is 1.53. The SMILES string of the molecule is CNc1cc(Nc2cc(C)ccc2Br)ncn1. The van der Waals surface area contributed by atoms with Crippen LogP contribution in [0.3, 0.4) is 0 Å². The molecule has 1 heterocycles. The summed E-state index contributed by atoms with van der Waals surface area (Å²) in [7, 11) is 1.83. The Labute approximate surface area is 109 Å². The summed E-state index contributed by atoms with van der Waals surface area (Å²) in [4.78, 5) is 8.24. The molecule has 2 rings (SSSR count). The zero-order valence-corrected chi connectivity index (χ0v) is 11.2. The van der Waals surface area contributed by atoms with Gasteiger partial charge in [0.2, 0.25) is 0 Å². The fourth-order valence-corrected chi connectivity index (χ4v) is 1.78. The van der Waals surface area contributed by atoms with Crippen molar-refractivity contribution in [2.45, 2.75) is 6.92 Å². The molecule has 0 aliphatic carbocycles. The molecular weight excluding hydrogens is 280 g/mol. The van der Waals surface area contributed by atoms with Gasteiger partial charge in [-0.1, -0.05) is 6.07 Å². The second-order valence-corrected chi connectivity index (χ2v) is 4.50. The molecule has 0 amide bonds. The number of benzene rings is 1. The van der Waals surface area contributed by atoms with Crippen molar-refractivity contribution in [3.8, 4) is 0 Å². The van der Waals surface area contributed by atoms with Gasteiger partial charge in [0.1, 0.15) is 18.0 Å². The minimum absolute atomic E-state index is 0.760.